The van der Waals surface area contributed by atoms with E-state index in [0.29, 0.717) is 12.6 Å². The summed E-state index contributed by atoms with van der Waals surface area (Å²) < 4.78 is 16.7. The molecule has 122 valence electrons. The Bertz CT molecular complexity index is 192. The average molecular weight is 312 g/mol. The highest BCUT2D eigenvalue weighted by atomic mass is 28.4. The van der Waals surface area contributed by atoms with Crippen molar-refractivity contribution in [2.75, 3.05) is 59.3 Å². The summed E-state index contributed by atoms with van der Waals surface area (Å²) in [6.07, 6.45) is 0.758. The van der Waals surface area contributed by atoms with E-state index in [9.17, 15) is 0 Å². The van der Waals surface area contributed by atoms with Gasteiger partial charge in [0, 0.05) is 19.1 Å². The first-order valence-corrected chi connectivity index (χ1v) is 8.83. The molecule has 9 heteroatoms. The fourth-order valence-corrected chi connectivity index (χ4v) is 4.10. The fourth-order valence-electron chi connectivity index (χ4n) is 1.60. The van der Waals surface area contributed by atoms with Gasteiger partial charge in [0.05, 0.1) is 39.6 Å². The van der Waals surface area contributed by atoms with E-state index >= 15 is 0 Å². The van der Waals surface area contributed by atoms with E-state index in [1.54, 1.807) is 0 Å². The van der Waals surface area contributed by atoms with E-state index in [0.717, 1.165) is 19.5 Å². The summed E-state index contributed by atoms with van der Waals surface area (Å²) in [5.41, 5.74) is 5.38. The van der Waals surface area contributed by atoms with E-state index in [1.807, 2.05) is 0 Å². The second kappa shape index (κ2) is 13.9. The third-order valence-corrected chi connectivity index (χ3v) is 5.30. The van der Waals surface area contributed by atoms with Gasteiger partial charge in [-0.25, -0.2) is 0 Å². The Balaban J connectivity index is 4.34. The third-order valence-electron chi connectivity index (χ3n) is 2.40. The van der Waals surface area contributed by atoms with Gasteiger partial charge in [-0.05, 0) is 13.0 Å². The van der Waals surface area contributed by atoms with Crippen molar-refractivity contribution in [3.8, 4) is 0 Å². The van der Waals surface area contributed by atoms with Crippen LogP contribution >= 0.6 is 0 Å². The first kappa shape index (κ1) is 19.9. The Hall–Kier alpha value is -0.103. The van der Waals surface area contributed by atoms with Crippen LogP contribution in [0.4, 0.5) is 0 Å². The van der Waals surface area contributed by atoms with Crippen molar-refractivity contribution in [2.24, 2.45) is 5.73 Å². The fraction of sp³-hybridized carbons (Fsp3) is 1.00. The molecule has 0 fully saturated rings. The topological polar surface area (TPSA) is 126 Å². The molecule has 0 atom stereocenters. The number of nitrogens with two attached hydrogens (primary N) is 1. The molecule has 20 heavy (non-hydrogen) atoms. The molecule has 0 rings (SSSR count). The number of hydrogen-bond donors (Lipinski definition) is 5. The smallest absolute Gasteiger partial charge is 0.394 e. The Morgan fingerprint density at radius 2 is 1.35 bits per heavy atom. The van der Waals surface area contributed by atoms with Crippen molar-refractivity contribution in [1.82, 2.24) is 5.32 Å². The highest BCUT2D eigenvalue weighted by Crippen LogP contribution is 2.17. The second-order valence-electron chi connectivity index (χ2n) is 4.04. The Morgan fingerprint density at radius 1 is 0.850 bits per heavy atom. The zero-order valence-corrected chi connectivity index (χ0v) is 12.9. The van der Waals surface area contributed by atoms with Crippen LogP contribution in [0.1, 0.15) is 6.42 Å². The second-order valence-corrected chi connectivity index (χ2v) is 6.77. The molecule has 0 aromatic heterocycles. The molecular formula is C11H28N2O6Si. The van der Waals surface area contributed by atoms with Gasteiger partial charge in [0.1, 0.15) is 0 Å². The lowest BCUT2D eigenvalue weighted by molar-refractivity contribution is 0.0276. The van der Waals surface area contributed by atoms with E-state index in [1.165, 1.54) is 0 Å². The van der Waals surface area contributed by atoms with E-state index in [-0.39, 0.29) is 39.6 Å². The molecule has 0 aliphatic heterocycles. The van der Waals surface area contributed by atoms with Gasteiger partial charge in [0.25, 0.3) is 0 Å². The Labute approximate surface area is 121 Å². The molecule has 0 unspecified atom stereocenters. The highest BCUT2D eigenvalue weighted by Gasteiger charge is 2.40. The van der Waals surface area contributed by atoms with Crippen LogP contribution in [0.3, 0.4) is 0 Å². The number of aliphatic hydroxyl groups is 3. The summed E-state index contributed by atoms with van der Waals surface area (Å²) in [6.45, 7) is 1.99. The van der Waals surface area contributed by atoms with Gasteiger partial charge in [0.2, 0.25) is 0 Å². The maximum Gasteiger partial charge on any atom is 0.501 e. The van der Waals surface area contributed by atoms with E-state index in [2.05, 4.69) is 5.32 Å². The summed E-state index contributed by atoms with van der Waals surface area (Å²) >= 11 is 0. The minimum atomic E-state index is -2.97. The molecule has 0 aromatic rings. The Kier molecular flexibility index (Phi) is 13.8. The normalized spacial score (nSPS) is 12.0. The zero-order chi connectivity index (χ0) is 15.1. The molecule has 0 bridgehead atoms. The van der Waals surface area contributed by atoms with Crippen molar-refractivity contribution in [3.63, 3.8) is 0 Å². The monoisotopic (exact) mass is 312 g/mol. The zero-order valence-electron chi connectivity index (χ0n) is 11.9. The van der Waals surface area contributed by atoms with Crippen LogP contribution < -0.4 is 11.1 Å². The molecule has 0 aliphatic carbocycles. The number of nitrogens with one attached hydrogen (secondary N) is 1. The molecule has 0 aliphatic rings. The standard InChI is InChI=1S/C11H28N2O6Si/c12-2-4-13-3-1-11-20(17-8-5-14,18-9-6-15)19-10-7-16/h13-16H,1-12H2. The SMILES string of the molecule is NCCNCCC[Si](OCCO)(OCCO)OCCO. The summed E-state index contributed by atoms with van der Waals surface area (Å²) in [4.78, 5) is 0. The maximum absolute atomic E-state index is 8.88. The molecule has 0 radical (unpaired) electrons. The first-order valence-electron chi connectivity index (χ1n) is 6.90. The molecule has 0 saturated heterocycles. The van der Waals surface area contributed by atoms with Crippen molar-refractivity contribution in [1.29, 1.82) is 0 Å². The van der Waals surface area contributed by atoms with Crippen molar-refractivity contribution < 1.29 is 28.6 Å². The van der Waals surface area contributed by atoms with Crippen LogP contribution in [-0.2, 0) is 13.3 Å². The predicted octanol–water partition coefficient (Wildman–Crippen LogP) is -2.11. The minimum absolute atomic E-state index is 0.110. The molecule has 8 nitrogen and oxygen atoms in total. The summed E-state index contributed by atoms with van der Waals surface area (Å²) in [6, 6.07) is 0.546. The number of hydrogen-bond acceptors (Lipinski definition) is 8. The van der Waals surface area contributed by atoms with E-state index < -0.39 is 8.80 Å². The molecule has 0 saturated carbocycles. The van der Waals surface area contributed by atoms with Crippen molar-refractivity contribution >= 4 is 8.80 Å². The van der Waals surface area contributed by atoms with Gasteiger partial charge < -0.3 is 39.6 Å². The van der Waals surface area contributed by atoms with Crippen molar-refractivity contribution in [3.05, 3.63) is 0 Å². The minimum Gasteiger partial charge on any atom is -0.394 e. The molecule has 6 N–H and O–H groups in total. The third kappa shape index (κ3) is 9.75. The molecule has 0 amide bonds. The number of aliphatic hydroxyl groups excluding tert-OH is 3. The largest absolute Gasteiger partial charge is 0.501 e. The lowest BCUT2D eigenvalue weighted by Gasteiger charge is -2.29. The lowest BCUT2D eigenvalue weighted by atomic mass is 10.5. The van der Waals surface area contributed by atoms with Gasteiger partial charge in [0.15, 0.2) is 0 Å². The Morgan fingerprint density at radius 3 is 1.75 bits per heavy atom. The molecule has 0 aromatic carbocycles. The van der Waals surface area contributed by atoms with Crippen LogP contribution in [0.2, 0.25) is 6.04 Å². The van der Waals surface area contributed by atoms with Gasteiger partial charge in [-0.1, -0.05) is 0 Å². The van der Waals surface area contributed by atoms with Crippen LogP contribution in [0.25, 0.3) is 0 Å². The predicted molar refractivity (Wildman–Crippen MR) is 76.2 cm³/mol. The van der Waals surface area contributed by atoms with Crippen LogP contribution in [0, 0.1) is 0 Å². The summed E-state index contributed by atoms with van der Waals surface area (Å²) in [5.74, 6) is 0. The average Bonchev–Trinajstić information content (AvgIpc) is 2.48. The van der Waals surface area contributed by atoms with Gasteiger partial charge in [-0.2, -0.15) is 0 Å². The maximum atomic E-state index is 8.88. The van der Waals surface area contributed by atoms with Gasteiger partial charge in [-0.15, -0.1) is 0 Å². The highest BCUT2D eigenvalue weighted by molar-refractivity contribution is 6.60. The summed E-state index contributed by atoms with van der Waals surface area (Å²) in [7, 11) is -2.97. The quantitative estimate of drug-likeness (QED) is 0.172. The van der Waals surface area contributed by atoms with Gasteiger partial charge >= 0.3 is 8.80 Å². The number of rotatable bonds is 15. The van der Waals surface area contributed by atoms with Gasteiger partial charge in [-0.3, -0.25) is 0 Å². The lowest BCUT2D eigenvalue weighted by Crippen LogP contribution is -2.48. The van der Waals surface area contributed by atoms with Crippen LogP contribution in [0.15, 0.2) is 0 Å². The van der Waals surface area contributed by atoms with Crippen molar-refractivity contribution in [2.45, 2.75) is 12.5 Å². The molecule has 0 spiro atoms. The van der Waals surface area contributed by atoms with E-state index in [4.69, 9.17) is 34.3 Å². The van der Waals surface area contributed by atoms with Crippen LogP contribution in [0.5, 0.6) is 0 Å². The summed E-state index contributed by atoms with van der Waals surface area (Å²) in [5, 5.41) is 29.8. The molecular weight excluding hydrogens is 284 g/mol. The molecule has 0 heterocycles. The first-order chi connectivity index (χ1) is 9.74. The van der Waals surface area contributed by atoms with Crippen LogP contribution in [-0.4, -0.2) is 83.4 Å².